The zero-order valence-electron chi connectivity index (χ0n) is 21.7. The number of piperazine rings is 1. The Morgan fingerprint density at radius 3 is 2.35 bits per heavy atom. The van der Waals surface area contributed by atoms with Gasteiger partial charge in [0.1, 0.15) is 11.5 Å². The zero-order chi connectivity index (χ0) is 25.8. The quantitative estimate of drug-likeness (QED) is 0.509. The summed E-state index contributed by atoms with van der Waals surface area (Å²) in [6.45, 7) is 8.81. The lowest BCUT2D eigenvalue weighted by Crippen LogP contribution is -2.53. The van der Waals surface area contributed by atoms with Gasteiger partial charge in [0.15, 0.2) is 0 Å². The summed E-state index contributed by atoms with van der Waals surface area (Å²) < 4.78 is 13.2. The third-order valence-electron chi connectivity index (χ3n) is 7.31. The molecule has 2 saturated heterocycles. The van der Waals surface area contributed by atoms with Gasteiger partial charge in [-0.05, 0) is 68.1 Å². The summed E-state index contributed by atoms with van der Waals surface area (Å²) in [6, 6.07) is 20.1. The van der Waals surface area contributed by atoms with Gasteiger partial charge >= 0.3 is 0 Å². The maximum absolute atomic E-state index is 13.5. The molecule has 2 fully saturated rings. The highest BCUT2D eigenvalue weighted by molar-refractivity contribution is 5.99. The van der Waals surface area contributed by atoms with Crippen LogP contribution in [0.15, 0.2) is 66.9 Å². The van der Waals surface area contributed by atoms with Crippen LogP contribution in [-0.4, -0.2) is 65.0 Å². The summed E-state index contributed by atoms with van der Waals surface area (Å²) >= 11 is 0. The molecule has 2 aromatic carbocycles. The average Bonchev–Trinajstić information content (AvgIpc) is 2.90. The van der Waals surface area contributed by atoms with Gasteiger partial charge in [-0.3, -0.25) is 14.7 Å². The second-order valence-electron chi connectivity index (χ2n) is 10.5. The molecule has 37 heavy (non-hydrogen) atoms. The van der Waals surface area contributed by atoms with E-state index >= 15 is 0 Å². The number of likely N-dealkylation sites (tertiary alicyclic amines) is 1. The molecule has 3 heterocycles. The Labute approximate surface area is 218 Å². The van der Waals surface area contributed by atoms with Crippen molar-refractivity contribution in [1.82, 2.24) is 20.1 Å². The van der Waals surface area contributed by atoms with Crippen molar-refractivity contribution in [2.45, 2.75) is 51.4 Å². The number of hydrogen-bond acceptors (Lipinski definition) is 5. The number of amides is 1. The average molecular weight is 502 g/mol. The van der Waals surface area contributed by atoms with Crippen LogP contribution >= 0.6 is 0 Å². The zero-order valence-corrected chi connectivity index (χ0v) is 21.7. The monoisotopic (exact) mass is 501 g/mol. The van der Waals surface area contributed by atoms with Crippen LogP contribution in [0.5, 0.6) is 0 Å². The van der Waals surface area contributed by atoms with E-state index in [0.717, 1.165) is 49.3 Å². The van der Waals surface area contributed by atoms with Crippen molar-refractivity contribution in [2.75, 3.05) is 31.5 Å². The van der Waals surface area contributed by atoms with Crippen LogP contribution < -0.4 is 10.6 Å². The molecule has 0 spiro atoms. The topological polar surface area (TPSA) is 60.5 Å². The van der Waals surface area contributed by atoms with Crippen LogP contribution in [0, 0.1) is 5.82 Å². The van der Waals surface area contributed by atoms with E-state index in [1.807, 2.05) is 17.0 Å². The van der Waals surface area contributed by atoms with Gasteiger partial charge in [-0.15, -0.1) is 0 Å². The molecular formula is C30H36FN5O. The fourth-order valence-corrected chi connectivity index (χ4v) is 5.58. The lowest BCUT2D eigenvalue weighted by Gasteiger charge is -2.36. The smallest absolute Gasteiger partial charge is 0.273 e. The largest absolute Gasteiger partial charge is 0.382 e. The Morgan fingerprint density at radius 2 is 1.68 bits per heavy atom. The van der Waals surface area contributed by atoms with Crippen molar-refractivity contribution < 1.29 is 9.18 Å². The molecule has 0 radical (unpaired) electrons. The van der Waals surface area contributed by atoms with Crippen LogP contribution in [0.2, 0.25) is 0 Å². The number of halogens is 1. The fourth-order valence-electron chi connectivity index (χ4n) is 5.58. The van der Waals surface area contributed by atoms with E-state index in [1.54, 1.807) is 18.3 Å². The third kappa shape index (κ3) is 6.35. The minimum atomic E-state index is -0.240. The molecule has 3 aromatic rings. The van der Waals surface area contributed by atoms with E-state index in [2.05, 4.69) is 58.6 Å². The molecular weight excluding hydrogens is 465 g/mol. The van der Waals surface area contributed by atoms with E-state index in [1.165, 1.54) is 17.7 Å². The fraction of sp³-hybridized carbons (Fsp3) is 0.400. The minimum Gasteiger partial charge on any atom is -0.382 e. The number of nitrogens with zero attached hydrogens (tertiary/aromatic N) is 3. The van der Waals surface area contributed by atoms with Gasteiger partial charge in [0.2, 0.25) is 0 Å². The summed E-state index contributed by atoms with van der Waals surface area (Å²) in [6.07, 6.45) is 3.37. The Kier molecular flexibility index (Phi) is 7.82. The van der Waals surface area contributed by atoms with E-state index < -0.39 is 0 Å². The van der Waals surface area contributed by atoms with Crippen LogP contribution in [0.3, 0.4) is 0 Å². The second-order valence-corrected chi connectivity index (χ2v) is 10.5. The number of rotatable bonds is 6. The molecule has 7 heteroatoms. The first kappa shape index (κ1) is 25.4. The number of hydrogen-bond donors (Lipinski definition) is 2. The van der Waals surface area contributed by atoms with Gasteiger partial charge in [-0.1, -0.05) is 30.3 Å². The van der Waals surface area contributed by atoms with Crippen molar-refractivity contribution in [3.05, 3.63) is 83.9 Å². The summed E-state index contributed by atoms with van der Waals surface area (Å²) in [4.78, 5) is 22.4. The number of nitrogens with one attached hydrogen (secondary N) is 2. The van der Waals surface area contributed by atoms with Crippen molar-refractivity contribution in [3.8, 4) is 11.1 Å². The summed E-state index contributed by atoms with van der Waals surface area (Å²) in [5.41, 5.74) is 4.57. The molecule has 1 amide bonds. The van der Waals surface area contributed by atoms with Crippen molar-refractivity contribution >= 4 is 11.6 Å². The first-order chi connectivity index (χ1) is 17.9. The Balaban J connectivity index is 1.22. The molecule has 0 bridgehead atoms. The van der Waals surface area contributed by atoms with Gasteiger partial charge in [0.05, 0.1) is 0 Å². The lowest BCUT2D eigenvalue weighted by molar-refractivity contribution is 0.0713. The van der Waals surface area contributed by atoms with E-state index in [9.17, 15) is 9.18 Å². The van der Waals surface area contributed by atoms with E-state index in [-0.39, 0.29) is 17.8 Å². The predicted molar refractivity (Wildman–Crippen MR) is 146 cm³/mol. The maximum atomic E-state index is 13.5. The highest BCUT2D eigenvalue weighted by atomic mass is 19.1. The number of benzene rings is 2. The lowest BCUT2D eigenvalue weighted by atomic mass is 9.99. The number of anilines is 1. The number of carbonyl (C=O) groups is 1. The van der Waals surface area contributed by atoms with Crippen LogP contribution in [-0.2, 0) is 6.54 Å². The predicted octanol–water partition coefficient (Wildman–Crippen LogP) is 4.79. The van der Waals surface area contributed by atoms with Crippen molar-refractivity contribution in [3.63, 3.8) is 0 Å². The maximum Gasteiger partial charge on any atom is 0.273 e. The van der Waals surface area contributed by atoms with Crippen molar-refractivity contribution in [1.29, 1.82) is 0 Å². The first-order valence-electron chi connectivity index (χ1n) is 13.3. The highest BCUT2D eigenvalue weighted by Gasteiger charge is 2.26. The Morgan fingerprint density at radius 1 is 1.00 bits per heavy atom. The van der Waals surface area contributed by atoms with Gasteiger partial charge in [0, 0.05) is 68.3 Å². The number of carbonyl (C=O) groups excluding carboxylic acids is 1. The normalized spacial score (nSPS) is 21.1. The Hall–Kier alpha value is -3.29. The highest BCUT2D eigenvalue weighted by Crippen LogP contribution is 2.26. The van der Waals surface area contributed by atoms with Crippen LogP contribution in [0.4, 0.5) is 10.1 Å². The second kappa shape index (κ2) is 11.4. The summed E-state index contributed by atoms with van der Waals surface area (Å²) in [5, 5.41) is 7.04. The Bertz CT molecular complexity index is 1180. The molecule has 2 aliphatic rings. The number of pyridine rings is 1. The minimum absolute atomic E-state index is 0.0244. The molecule has 6 nitrogen and oxygen atoms in total. The molecule has 194 valence electrons. The standard InChI is InChI=1S/C30H36FN5O/c1-21-18-35(19-22(2)33-21)20-23-5-7-24(8-6-23)28-4-3-15-32-29(28)30(37)36-16-13-27(14-17-36)34-26-11-9-25(31)10-12-26/h3-12,15,21-22,27,33-34H,13-14,16-20H2,1-2H3. The summed E-state index contributed by atoms with van der Waals surface area (Å²) in [7, 11) is 0. The third-order valence-corrected chi connectivity index (χ3v) is 7.31. The van der Waals surface area contributed by atoms with Crippen LogP contribution in [0.25, 0.3) is 11.1 Å². The molecule has 2 aliphatic heterocycles. The van der Waals surface area contributed by atoms with Gasteiger partial charge < -0.3 is 15.5 Å². The molecule has 0 saturated carbocycles. The van der Waals surface area contributed by atoms with Gasteiger partial charge in [-0.2, -0.15) is 0 Å². The number of piperidine rings is 1. The van der Waals surface area contributed by atoms with E-state index in [0.29, 0.717) is 30.9 Å². The first-order valence-corrected chi connectivity index (χ1v) is 13.3. The molecule has 2 N–H and O–H groups in total. The van der Waals surface area contributed by atoms with E-state index in [4.69, 9.17) is 0 Å². The SMILES string of the molecule is CC1CN(Cc2ccc(-c3cccnc3C(=O)N3CCC(Nc4ccc(F)cc4)CC3)cc2)CC(C)N1. The van der Waals surface area contributed by atoms with Crippen LogP contribution in [0.1, 0.15) is 42.7 Å². The molecule has 5 rings (SSSR count). The molecule has 1 aromatic heterocycles. The molecule has 0 aliphatic carbocycles. The summed E-state index contributed by atoms with van der Waals surface area (Å²) in [5.74, 6) is -0.265. The van der Waals surface area contributed by atoms with Gasteiger partial charge in [-0.25, -0.2) is 4.39 Å². The molecule has 2 atom stereocenters. The van der Waals surface area contributed by atoms with Crippen molar-refractivity contribution in [2.24, 2.45) is 0 Å². The van der Waals surface area contributed by atoms with Gasteiger partial charge in [0.25, 0.3) is 5.91 Å². The number of aromatic nitrogens is 1. The molecule has 2 unspecified atom stereocenters.